The van der Waals surface area contributed by atoms with Crippen molar-refractivity contribution < 1.29 is 8.42 Å². The molecule has 0 amide bonds. The van der Waals surface area contributed by atoms with Crippen LogP contribution in [0.4, 0.5) is 0 Å². The quantitative estimate of drug-likeness (QED) is 0.718. The van der Waals surface area contributed by atoms with Gasteiger partial charge in [-0.1, -0.05) is 6.42 Å². The SMILES string of the molecule is CNCCCCS(=O)(=O)N1CCCC[C@@H]1C. The van der Waals surface area contributed by atoms with Gasteiger partial charge in [0.15, 0.2) is 0 Å². The van der Waals surface area contributed by atoms with Crippen molar-refractivity contribution in [2.45, 2.75) is 45.1 Å². The summed E-state index contributed by atoms with van der Waals surface area (Å²) in [5.41, 5.74) is 0. The highest BCUT2D eigenvalue weighted by atomic mass is 32.2. The van der Waals surface area contributed by atoms with E-state index in [9.17, 15) is 8.42 Å². The Labute approximate surface area is 99.5 Å². The molecule has 0 bridgehead atoms. The van der Waals surface area contributed by atoms with E-state index in [1.165, 1.54) is 0 Å². The van der Waals surface area contributed by atoms with Crippen LogP contribution in [0.1, 0.15) is 39.0 Å². The fourth-order valence-corrected chi connectivity index (χ4v) is 4.05. The molecule has 1 rings (SSSR count). The number of hydrogen-bond acceptors (Lipinski definition) is 3. The van der Waals surface area contributed by atoms with E-state index < -0.39 is 10.0 Å². The van der Waals surface area contributed by atoms with Crippen molar-refractivity contribution in [3.05, 3.63) is 0 Å². The number of sulfonamides is 1. The average molecular weight is 248 g/mol. The molecule has 16 heavy (non-hydrogen) atoms. The summed E-state index contributed by atoms with van der Waals surface area (Å²) in [6, 6.07) is 0.197. The first-order chi connectivity index (χ1) is 7.58. The van der Waals surface area contributed by atoms with Gasteiger partial charge >= 0.3 is 0 Å². The molecule has 1 fully saturated rings. The lowest BCUT2D eigenvalue weighted by Crippen LogP contribution is -2.43. The molecule has 0 unspecified atom stereocenters. The van der Waals surface area contributed by atoms with E-state index in [2.05, 4.69) is 5.32 Å². The Morgan fingerprint density at radius 1 is 1.31 bits per heavy atom. The maximum Gasteiger partial charge on any atom is 0.214 e. The third kappa shape index (κ3) is 4.03. The van der Waals surface area contributed by atoms with Gasteiger partial charge in [-0.25, -0.2) is 8.42 Å². The number of piperidine rings is 1. The summed E-state index contributed by atoms with van der Waals surface area (Å²) < 4.78 is 25.8. The number of nitrogens with one attached hydrogen (secondary N) is 1. The summed E-state index contributed by atoms with van der Waals surface area (Å²) in [6.07, 6.45) is 4.87. The minimum Gasteiger partial charge on any atom is -0.320 e. The normalized spacial score (nSPS) is 23.5. The number of nitrogens with zero attached hydrogens (tertiary/aromatic N) is 1. The van der Waals surface area contributed by atoms with Gasteiger partial charge in [0.05, 0.1) is 5.75 Å². The third-order valence-corrected chi connectivity index (χ3v) is 5.24. The minimum atomic E-state index is -3.01. The largest absolute Gasteiger partial charge is 0.320 e. The summed E-state index contributed by atoms with van der Waals surface area (Å²) in [6.45, 7) is 3.63. The topological polar surface area (TPSA) is 49.4 Å². The van der Waals surface area contributed by atoms with Crippen molar-refractivity contribution in [3.63, 3.8) is 0 Å². The van der Waals surface area contributed by atoms with Gasteiger partial charge in [-0.2, -0.15) is 4.31 Å². The second-order valence-electron chi connectivity index (χ2n) is 4.58. The summed E-state index contributed by atoms with van der Waals surface area (Å²) in [7, 11) is -1.12. The maximum atomic E-state index is 12.1. The van der Waals surface area contributed by atoms with Gasteiger partial charge in [0, 0.05) is 12.6 Å². The summed E-state index contributed by atoms with van der Waals surface area (Å²) in [4.78, 5) is 0. The van der Waals surface area contributed by atoms with Crippen molar-refractivity contribution in [1.82, 2.24) is 9.62 Å². The van der Waals surface area contributed by atoms with E-state index in [0.29, 0.717) is 5.75 Å². The Morgan fingerprint density at radius 2 is 2.06 bits per heavy atom. The fraction of sp³-hybridized carbons (Fsp3) is 1.00. The minimum absolute atomic E-state index is 0.197. The molecule has 0 aromatic rings. The van der Waals surface area contributed by atoms with Crippen LogP contribution in [0.5, 0.6) is 0 Å². The van der Waals surface area contributed by atoms with Crippen LogP contribution in [0.3, 0.4) is 0 Å². The summed E-state index contributed by atoms with van der Waals surface area (Å²) >= 11 is 0. The lowest BCUT2D eigenvalue weighted by atomic mass is 10.1. The van der Waals surface area contributed by atoms with Crippen molar-refractivity contribution in [2.24, 2.45) is 0 Å². The molecule has 0 spiro atoms. The first-order valence-electron chi connectivity index (χ1n) is 6.22. The van der Waals surface area contributed by atoms with E-state index in [4.69, 9.17) is 0 Å². The predicted octanol–water partition coefficient (Wildman–Crippen LogP) is 1.19. The van der Waals surface area contributed by atoms with Crippen LogP contribution in [-0.2, 0) is 10.0 Å². The molecule has 1 aliphatic heterocycles. The molecule has 0 aromatic carbocycles. The third-order valence-electron chi connectivity index (χ3n) is 3.18. The molecular weight excluding hydrogens is 224 g/mol. The number of rotatable bonds is 6. The molecule has 1 N–H and O–H groups in total. The molecule has 1 atom stereocenters. The lowest BCUT2D eigenvalue weighted by molar-refractivity contribution is 0.268. The first kappa shape index (κ1) is 13.9. The smallest absolute Gasteiger partial charge is 0.214 e. The molecule has 5 heteroatoms. The molecule has 4 nitrogen and oxygen atoms in total. The Kier molecular flexibility index (Phi) is 5.72. The fourth-order valence-electron chi connectivity index (χ4n) is 2.19. The monoisotopic (exact) mass is 248 g/mol. The number of hydrogen-bond donors (Lipinski definition) is 1. The van der Waals surface area contributed by atoms with E-state index in [1.54, 1.807) is 4.31 Å². The van der Waals surface area contributed by atoms with Gasteiger partial charge in [-0.15, -0.1) is 0 Å². The van der Waals surface area contributed by atoms with E-state index in [1.807, 2.05) is 14.0 Å². The van der Waals surface area contributed by atoms with Crippen LogP contribution in [-0.4, -0.2) is 44.7 Å². The van der Waals surface area contributed by atoms with Crippen molar-refractivity contribution >= 4 is 10.0 Å². The first-order valence-corrected chi connectivity index (χ1v) is 7.83. The second kappa shape index (κ2) is 6.57. The Morgan fingerprint density at radius 3 is 2.69 bits per heavy atom. The second-order valence-corrected chi connectivity index (χ2v) is 6.62. The Hall–Kier alpha value is -0.130. The van der Waals surface area contributed by atoms with Crippen LogP contribution in [0.25, 0.3) is 0 Å². The van der Waals surface area contributed by atoms with Crippen LogP contribution < -0.4 is 5.32 Å². The molecule has 0 aromatic heterocycles. The average Bonchev–Trinajstić information content (AvgIpc) is 2.25. The lowest BCUT2D eigenvalue weighted by Gasteiger charge is -2.32. The van der Waals surface area contributed by atoms with E-state index >= 15 is 0 Å². The van der Waals surface area contributed by atoms with Gasteiger partial charge in [0.2, 0.25) is 10.0 Å². The zero-order valence-corrected chi connectivity index (χ0v) is 11.2. The molecule has 1 aliphatic rings. The molecule has 1 heterocycles. The summed E-state index contributed by atoms with van der Waals surface area (Å²) in [5, 5.41) is 3.03. The zero-order valence-electron chi connectivity index (χ0n) is 10.4. The van der Waals surface area contributed by atoms with Crippen molar-refractivity contribution in [2.75, 3.05) is 25.9 Å². The molecule has 0 aliphatic carbocycles. The Bertz CT molecular complexity index is 290. The van der Waals surface area contributed by atoms with Crippen LogP contribution >= 0.6 is 0 Å². The standard InChI is InChI=1S/C11H24N2O2S/c1-11-7-3-5-9-13(11)16(14,15)10-6-4-8-12-2/h11-12H,3-10H2,1-2H3/t11-/m0/s1. The predicted molar refractivity (Wildman–Crippen MR) is 67.0 cm³/mol. The van der Waals surface area contributed by atoms with Gasteiger partial charge in [-0.05, 0) is 46.2 Å². The van der Waals surface area contributed by atoms with Gasteiger partial charge in [0.25, 0.3) is 0 Å². The highest BCUT2D eigenvalue weighted by Gasteiger charge is 2.28. The van der Waals surface area contributed by atoms with E-state index in [-0.39, 0.29) is 6.04 Å². The van der Waals surface area contributed by atoms with E-state index in [0.717, 1.165) is 45.2 Å². The van der Waals surface area contributed by atoms with Crippen LogP contribution in [0.15, 0.2) is 0 Å². The molecule has 0 saturated carbocycles. The Balaban J connectivity index is 2.42. The van der Waals surface area contributed by atoms with Crippen molar-refractivity contribution in [1.29, 1.82) is 0 Å². The molecule has 96 valence electrons. The number of unbranched alkanes of at least 4 members (excludes halogenated alkanes) is 1. The van der Waals surface area contributed by atoms with Crippen LogP contribution in [0, 0.1) is 0 Å². The molecule has 0 radical (unpaired) electrons. The van der Waals surface area contributed by atoms with Crippen LogP contribution in [0.2, 0.25) is 0 Å². The summed E-state index contributed by atoms with van der Waals surface area (Å²) in [5.74, 6) is 0.305. The maximum absolute atomic E-state index is 12.1. The van der Waals surface area contributed by atoms with Gasteiger partial charge in [-0.3, -0.25) is 0 Å². The van der Waals surface area contributed by atoms with Crippen molar-refractivity contribution in [3.8, 4) is 0 Å². The molecular formula is C11H24N2O2S. The zero-order chi connectivity index (χ0) is 12.0. The molecule has 1 saturated heterocycles. The highest BCUT2D eigenvalue weighted by Crippen LogP contribution is 2.20. The van der Waals surface area contributed by atoms with Gasteiger partial charge < -0.3 is 5.32 Å². The van der Waals surface area contributed by atoms with Gasteiger partial charge in [0.1, 0.15) is 0 Å². The highest BCUT2D eigenvalue weighted by molar-refractivity contribution is 7.89.